The Kier molecular flexibility index (Phi) is 3.76. The summed E-state index contributed by atoms with van der Waals surface area (Å²) in [6, 6.07) is 1.53. The Morgan fingerprint density at radius 3 is 3.05 bits per heavy atom. The Balaban J connectivity index is 2.40. The lowest BCUT2D eigenvalue weighted by molar-refractivity contribution is -0.137. The van der Waals surface area contributed by atoms with Crippen LogP contribution in [0.4, 0.5) is 5.95 Å². The number of hydrogen-bond acceptors (Lipinski definition) is 6. The standard InChI is InChI=1S/C10H13N5O4/c1-19-5-4-12-9-11-3-2-7-13-14(6-8(16)17)10(18)15(7)9/h2-3H,4-6H2,1H3,(H,11,12)(H,16,17). The molecule has 0 amide bonds. The van der Waals surface area contributed by atoms with Gasteiger partial charge in [0.1, 0.15) is 6.54 Å². The van der Waals surface area contributed by atoms with E-state index in [1.54, 1.807) is 7.11 Å². The summed E-state index contributed by atoms with van der Waals surface area (Å²) in [6.07, 6.45) is 1.49. The lowest BCUT2D eigenvalue weighted by Crippen LogP contribution is -2.26. The van der Waals surface area contributed by atoms with E-state index in [1.165, 1.54) is 16.7 Å². The van der Waals surface area contributed by atoms with Crippen molar-refractivity contribution in [2.75, 3.05) is 25.6 Å². The second-order valence-corrected chi connectivity index (χ2v) is 3.72. The molecular weight excluding hydrogens is 254 g/mol. The Hall–Kier alpha value is -2.42. The largest absolute Gasteiger partial charge is 0.480 e. The molecule has 2 rings (SSSR count). The first-order valence-electron chi connectivity index (χ1n) is 5.52. The highest BCUT2D eigenvalue weighted by molar-refractivity contribution is 5.66. The molecule has 0 atom stereocenters. The summed E-state index contributed by atoms with van der Waals surface area (Å²) >= 11 is 0. The Morgan fingerprint density at radius 2 is 2.37 bits per heavy atom. The molecule has 0 aliphatic rings. The van der Waals surface area contributed by atoms with Gasteiger partial charge < -0.3 is 15.2 Å². The SMILES string of the molecule is COCCNc1nccc2nn(CC(=O)O)c(=O)n12. The van der Waals surface area contributed by atoms with Gasteiger partial charge in [-0.25, -0.2) is 18.9 Å². The predicted octanol–water partition coefficient (Wildman–Crippen LogP) is -0.966. The number of hydrogen-bond donors (Lipinski definition) is 2. The van der Waals surface area contributed by atoms with Crippen LogP contribution in [0.15, 0.2) is 17.1 Å². The first kappa shape index (κ1) is 13.0. The fourth-order valence-electron chi connectivity index (χ4n) is 1.58. The summed E-state index contributed by atoms with van der Waals surface area (Å²) in [4.78, 5) is 26.7. The van der Waals surface area contributed by atoms with Crippen molar-refractivity contribution in [2.24, 2.45) is 0 Å². The molecule has 19 heavy (non-hydrogen) atoms. The second-order valence-electron chi connectivity index (χ2n) is 3.72. The van der Waals surface area contributed by atoms with E-state index < -0.39 is 18.2 Å². The smallest absolute Gasteiger partial charge is 0.353 e. The lowest BCUT2D eigenvalue weighted by atomic mass is 10.6. The molecule has 0 fully saturated rings. The number of carboxylic acid groups (broad SMARTS) is 1. The van der Waals surface area contributed by atoms with E-state index >= 15 is 0 Å². The molecule has 0 saturated heterocycles. The first-order chi connectivity index (χ1) is 9.13. The molecule has 0 radical (unpaired) electrons. The third-order valence-corrected chi connectivity index (χ3v) is 2.37. The molecule has 0 bridgehead atoms. The third-order valence-electron chi connectivity index (χ3n) is 2.37. The van der Waals surface area contributed by atoms with Crippen LogP contribution in [-0.2, 0) is 16.1 Å². The number of methoxy groups -OCH3 is 1. The molecule has 2 aromatic heterocycles. The van der Waals surface area contributed by atoms with Crippen LogP contribution in [0.3, 0.4) is 0 Å². The van der Waals surface area contributed by atoms with Gasteiger partial charge in [0.25, 0.3) is 0 Å². The number of carbonyl (C=O) groups is 1. The van der Waals surface area contributed by atoms with Crippen LogP contribution in [0, 0.1) is 0 Å². The summed E-state index contributed by atoms with van der Waals surface area (Å²) in [5, 5.41) is 15.5. The average Bonchev–Trinajstić information content (AvgIpc) is 2.67. The van der Waals surface area contributed by atoms with E-state index in [0.717, 1.165) is 4.68 Å². The van der Waals surface area contributed by atoms with Gasteiger partial charge in [-0.1, -0.05) is 0 Å². The van der Waals surface area contributed by atoms with Crippen LogP contribution < -0.4 is 11.0 Å². The highest BCUT2D eigenvalue weighted by Gasteiger charge is 2.12. The molecule has 0 aliphatic carbocycles. The molecule has 102 valence electrons. The number of ether oxygens (including phenoxy) is 1. The average molecular weight is 267 g/mol. The van der Waals surface area contributed by atoms with Gasteiger partial charge in [-0.3, -0.25) is 4.79 Å². The van der Waals surface area contributed by atoms with Crippen molar-refractivity contribution in [3.8, 4) is 0 Å². The molecule has 0 saturated carbocycles. The van der Waals surface area contributed by atoms with Gasteiger partial charge >= 0.3 is 11.7 Å². The maximum Gasteiger partial charge on any atom is 0.353 e. The minimum atomic E-state index is -1.13. The zero-order valence-electron chi connectivity index (χ0n) is 10.2. The monoisotopic (exact) mass is 267 g/mol. The van der Waals surface area contributed by atoms with Crippen LogP contribution in [-0.4, -0.2) is 50.5 Å². The summed E-state index contributed by atoms with van der Waals surface area (Å²) < 4.78 is 6.98. The maximum absolute atomic E-state index is 12.0. The van der Waals surface area contributed by atoms with Crippen molar-refractivity contribution in [1.82, 2.24) is 19.2 Å². The van der Waals surface area contributed by atoms with E-state index in [-0.39, 0.29) is 0 Å². The Morgan fingerprint density at radius 1 is 1.58 bits per heavy atom. The van der Waals surface area contributed by atoms with Crippen molar-refractivity contribution >= 4 is 17.6 Å². The van der Waals surface area contributed by atoms with E-state index in [2.05, 4.69) is 15.4 Å². The molecule has 0 spiro atoms. The van der Waals surface area contributed by atoms with E-state index in [9.17, 15) is 9.59 Å². The van der Waals surface area contributed by atoms with Gasteiger partial charge in [0.05, 0.1) is 6.61 Å². The topological polar surface area (TPSA) is 111 Å². The van der Waals surface area contributed by atoms with Crippen LogP contribution in [0.2, 0.25) is 0 Å². The number of fused-ring (bicyclic) bond motifs is 1. The molecule has 0 aromatic carbocycles. The third kappa shape index (κ3) is 2.71. The highest BCUT2D eigenvalue weighted by Crippen LogP contribution is 2.03. The van der Waals surface area contributed by atoms with Crippen LogP contribution >= 0.6 is 0 Å². The normalized spacial score (nSPS) is 10.8. The number of aromatic nitrogens is 4. The molecule has 2 heterocycles. The van der Waals surface area contributed by atoms with Crippen LogP contribution in [0.25, 0.3) is 5.65 Å². The first-order valence-corrected chi connectivity index (χ1v) is 5.52. The van der Waals surface area contributed by atoms with Crippen molar-refractivity contribution in [2.45, 2.75) is 6.54 Å². The van der Waals surface area contributed by atoms with Crippen molar-refractivity contribution in [3.05, 3.63) is 22.7 Å². The van der Waals surface area contributed by atoms with Gasteiger partial charge in [-0.15, -0.1) is 5.10 Å². The van der Waals surface area contributed by atoms with Gasteiger partial charge in [0, 0.05) is 25.9 Å². The lowest BCUT2D eigenvalue weighted by Gasteiger charge is -2.05. The van der Waals surface area contributed by atoms with Crippen molar-refractivity contribution < 1.29 is 14.6 Å². The zero-order valence-corrected chi connectivity index (χ0v) is 10.2. The minimum Gasteiger partial charge on any atom is -0.480 e. The van der Waals surface area contributed by atoms with E-state index in [4.69, 9.17) is 9.84 Å². The molecule has 9 heteroatoms. The van der Waals surface area contributed by atoms with Gasteiger partial charge in [-0.05, 0) is 0 Å². The molecule has 0 unspecified atom stereocenters. The van der Waals surface area contributed by atoms with E-state index in [1.807, 2.05) is 0 Å². The Labute approximate surface area is 107 Å². The van der Waals surface area contributed by atoms with Gasteiger partial charge in [-0.2, -0.15) is 0 Å². The number of nitrogens with one attached hydrogen (secondary N) is 1. The molecular formula is C10H13N5O4. The fraction of sp³-hybridized carbons (Fsp3) is 0.400. The quantitative estimate of drug-likeness (QED) is 0.648. The molecule has 9 nitrogen and oxygen atoms in total. The summed E-state index contributed by atoms with van der Waals surface area (Å²) in [6.45, 7) is 0.438. The maximum atomic E-state index is 12.0. The number of aliphatic carboxylic acids is 1. The predicted molar refractivity (Wildman–Crippen MR) is 65.2 cm³/mol. The summed E-state index contributed by atoms with van der Waals surface area (Å²) in [7, 11) is 1.56. The fourth-order valence-corrected chi connectivity index (χ4v) is 1.58. The molecule has 2 aromatic rings. The number of rotatable bonds is 6. The number of anilines is 1. The van der Waals surface area contributed by atoms with Crippen molar-refractivity contribution in [1.29, 1.82) is 0 Å². The second kappa shape index (κ2) is 5.48. The van der Waals surface area contributed by atoms with E-state index in [0.29, 0.717) is 24.7 Å². The van der Waals surface area contributed by atoms with Gasteiger partial charge in [0.2, 0.25) is 5.95 Å². The summed E-state index contributed by atoms with van der Waals surface area (Å²) in [5.41, 5.74) is -0.216. The Bertz CT molecular complexity index is 647. The molecule has 0 aliphatic heterocycles. The highest BCUT2D eigenvalue weighted by atomic mass is 16.5. The number of nitrogens with zero attached hydrogens (tertiary/aromatic N) is 4. The van der Waals surface area contributed by atoms with Crippen LogP contribution in [0.1, 0.15) is 0 Å². The van der Waals surface area contributed by atoms with Crippen molar-refractivity contribution in [3.63, 3.8) is 0 Å². The summed E-state index contributed by atoms with van der Waals surface area (Å²) in [5.74, 6) is -0.830. The van der Waals surface area contributed by atoms with Gasteiger partial charge in [0.15, 0.2) is 5.65 Å². The van der Waals surface area contributed by atoms with Crippen LogP contribution in [0.5, 0.6) is 0 Å². The molecule has 2 N–H and O–H groups in total. The minimum absolute atomic E-state index is 0.302. The zero-order chi connectivity index (χ0) is 13.8. The number of carboxylic acids is 1.